The monoisotopic (exact) mass is 278 g/mol. The van der Waals surface area contributed by atoms with Crippen LogP contribution in [0, 0.1) is 6.92 Å². The Morgan fingerprint density at radius 1 is 1.10 bits per heavy atom. The summed E-state index contributed by atoms with van der Waals surface area (Å²) >= 11 is 1.88. The summed E-state index contributed by atoms with van der Waals surface area (Å²) in [6.07, 6.45) is 5.64. The Morgan fingerprint density at radius 2 is 2.00 bits per heavy atom. The standard InChI is InChI=1S/C18H16NS/c1-13-6-4-7-14(12-13)15-9-5-11-18-19(15)16-8-2-3-10-17(16)20-18/h2-8,10-12,15H,9H2,1H3/q+1. The number of para-hydroxylation sites is 1. The second kappa shape index (κ2) is 4.57. The van der Waals surface area contributed by atoms with Gasteiger partial charge in [0, 0.05) is 24.1 Å². The summed E-state index contributed by atoms with van der Waals surface area (Å²) in [5.41, 5.74) is 4.09. The number of thiazole rings is 1. The number of rotatable bonds is 1. The zero-order valence-corrected chi connectivity index (χ0v) is 12.2. The molecular weight excluding hydrogens is 262 g/mol. The summed E-state index contributed by atoms with van der Waals surface area (Å²) in [5.74, 6) is 0. The molecule has 1 aromatic heterocycles. The molecule has 0 aliphatic carbocycles. The highest BCUT2D eigenvalue weighted by molar-refractivity contribution is 7.18. The molecule has 0 saturated heterocycles. The van der Waals surface area contributed by atoms with Crippen molar-refractivity contribution in [2.45, 2.75) is 19.4 Å². The molecular formula is C18H16NS+. The molecule has 1 aliphatic rings. The molecule has 1 nitrogen and oxygen atoms in total. The van der Waals surface area contributed by atoms with E-state index in [-0.39, 0.29) is 0 Å². The Labute approximate surface area is 122 Å². The zero-order valence-electron chi connectivity index (χ0n) is 11.4. The van der Waals surface area contributed by atoms with Crippen LogP contribution >= 0.6 is 11.3 Å². The number of nitrogens with zero attached hydrogens (tertiary/aromatic N) is 1. The van der Waals surface area contributed by atoms with Crippen LogP contribution in [0.25, 0.3) is 16.3 Å². The first-order valence-electron chi connectivity index (χ1n) is 6.99. The number of hydrogen-bond donors (Lipinski definition) is 0. The van der Waals surface area contributed by atoms with Gasteiger partial charge in [-0.2, -0.15) is 4.57 Å². The van der Waals surface area contributed by atoms with Crippen LogP contribution in [0.4, 0.5) is 0 Å². The minimum absolute atomic E-state index is 0.422. The van der Waals surface area contributed by atoms with E-state index < -0.39 is 0 Å². The van der Waals surface area contributed by atoms with Gasteiger partial charge in [0.25, 0.3) is 5.01 Å². The third-order valence-electron chi connectivity index (χ3n) is 3.94. The molecule has 1 unspecified atom stereocenters. The summed E-state index contributed by atoms with van der Waals surface area (Å²) in [7, 11) is 0. The molecule has 1 atom stereocenters. The van der Waals surface area contributed by atoms with Gasteiger partial charge in [0.05, 0.1) is 0 Å². The fraction of sp³-hybridized carbons (Fsp3) is 0.167. The average Bonchev–Trinajstić information content (AvgIpc) is 2.85. The van der Waals surface area contributed by atoms with Gasteiger partial charge in [-0.25, -0.2) is 0 Å². The Balaban J connectivity index is 1.95. The van der Waals surface area contributed by atoms with Gasteiger partial charge in [0.1, 0.15) is 4.70 Å². The summed E-state index contributed by atoms with van der Waals surface area (Å²) in [6.45, 7) is 2.17. The SMILES string of the molecule is Cc1cccc(C2CC=Cc3sc4ccccc4[n+]32)c1. The first-order valence-corrected chi connectivity index (χ1v) is 7.81. The van der Waals surface area contributed by atoms with Crippen molar-refractivity contribution in [3.8, 4) is 0 Å². The smallest absolute Gasteiger partial charge is 0.175 e. The van der Waals surface area contributed by atoms with Crippen molar-refractivity contribution >= 4 is 27.6 Å². The van der Waals surface area contributed by atoms with E-state index in [9.17, 15) is 0 Å². The van der Waals surface area contributed by atoms with Gasteiger partial charge in [-0.05, 0) is 19.1 Å². The van der Waals surface area contributed by atoms with Gasteiger partial charge in [0.15, 0.2) is 6.04 Å². The van der Waals surface area contributed by atoms with Crippen molar-refractivity contribution in [3.05, 3.63) is 70.7 Å². The molecule has 0 amide bonds. The lowest BCUT2D eigenvalue weighted by molar-refractivity contribution is -0.687. The summed E-state index contributed by atoms with van der Waals surface area (Å²) < 4.78 is 3.86. The topological polar surface area (TPSA) is 3.88 Å². The van der Waals surface area contributed by atoms with Crippen LogP contribution < -0.4 is 4.57 Å². The molecule has 2 aromatic carbocycles. The maximum Gasteiger partial charge on any atom is 0.262 e. The molecule has 0 N–H and O–H groups in total. The number of allylic oxidation sites excluding steroid dienone is 1. The van der Waals surface area contributed by atoms with E-state index in [1.807, 2.05) is 11.3 Å². The lowest BCUT2D eigenvalue weighted by Gasteiger charge is -2.14. The van der Waals surface area contributed by atoms with Gasteiger partial charge in [-0.15, -0.1) is 0 Å². The maximum absolute atomic E-state index is 2.49. The van der Waals surface area contributed by atoms with E-state index in [1.54, 1.807) is 0 Å². The third-order valence-corrected chi connectivity index (χ3v) is 5.04. The minimum Gasteiger partial charge on any atom is -0.175 e. The molecule has 3 aromatic rings. The summed E-state index contributed by atoms with van der Waals surface area (Å²) in [4.78, 5) is 0. The highest BCUT2D eigenvalue weighted by Crippen LogP contribution is 2.30. The number of aromatic nitrogens is 1. The predicted molar refractivity (Wildman–Crippen MR) is 85.0 cm³/mol. The zero-order chi connectivity index (χ0) is 13.5. The Bertz CT molecular complexity index is 813. The highest BCUT2D eigenvalue weighted by atomic mass is 32.1. The molecule has 2 heterocycles. The minimum atomic E-state index is 0.422. The summed E-state index contributed by atoms with van der Waals surface area (Å²) in [6, 6.07) is 18.0. The van der Waals surface area contributed by atoms with Crippen molar-refractivity contribution in [1.82, 2.24) is 0 Å². The fourth-order valence-corrected chi connectivity index (χ4v) is 4.16. The van der Waals surface area contributed by atoms with Crippen LogP contribution in [0.5, 0.6) is 0 Å². The van der Waals surface area contributed by atoms with E-state index in [0.717, 1.165) is 6.42 Å². The van der Waals surface area contributed by atoms with Gasteiger partial charge >= 0.3 is 0 Å². The predicted octanol–water partition coefficient (Wildman–Crippen LogP) is 4.50. The largest absolute Gasteiger partial charge is 0.262 e. The van der Waals surface area contributed by atoms with Crippen LogP contribution in [-0.4, -0.2) is 0 Å². The molecule has 0 bridgehead atoms. The van der Waals surface area contributed by atoms with Crippen molar-refractivity contribution in [3.63, 3.8) is 0 Å². The number of aryl methyl sites for hydroxylation is 1. The van der Waals surface area contributed by atoms with Crippen LogP contribution in [0.1, 0.15) is 28.6 Å². The van der Waals surface area contributed by atoms with Crippen molar-refractivity contribution in [1.29, 1.82) is 0 Å². The molecule has 2 heteroatoms. The second-order valence-corrected chi connectivity index (χ2v) is 6.41. The van der Waals surface area contributed by atoms with E-state index in [0.29, 0.717) is 6.04 Å². The quantitative estimate of drug-likeness (QED) is 0.577. The first-order chi connectivity index (χ1) is 9.83. The summed E-state index contributed by atoms with van der Waals surface area (Å²) in [5, 5.41) is 1.35. The van der Waals surface area contributed by atoms with Crippen LogP contribution in [0.2, 0.25) is 0 Å². The fourth-order valence-electron chi connectivity index (χ4n) is 3.02. The first kappa shape index (κ1) is 11.9. The van der Waals surface area contributed by atoms with Gasteiger partial charge in [-0.1, -0.05) is 53.3 Å². The van der Waals surface area contributed by atoms with Crippen LogP contribution in [-0.2, 0) is 0 Å². The van der Waals surface area contributed by atoms with E-state index in [1.165, 1.54) is 26.4 Å². The Kier molecular flexibility index (Phi) is 2.71. The normalized spacial score (nSPS) is 17.4. The van der Waals surface area contributed by atoms with Crippen LogP contribution in [0.3, 0.4) is 0 Å². The molecule has 0 saturated carbocycles. The third kappa shape index (κ3) is 1.80. The average molecular weight is 278 g/mol. The number of benzene rings is 2. The van der Waals surface area contributed by atoms with E-state index >= 15 is 0 Å². The lowest BCUT2D eigenvalue weighted by atomic mass is 9.99. The van der Waals surface area contributed by atoms with Crippen molar-refractivity contribution in [2.24, 2.45) is 0 Å². The van der Waals surface area contributed by atoms with Crippen molar-refractivity contribution in [2.75, 3.05) is 0 Å². The molecule has 20 heavy (non-hydrogen) atoms. The molecule has 0 radical (unpaired) electrons. The van der Waals surface area contributed by atoms with Gasteiger partial charge in [0.2, 0.25) is 5.52 Å². The molecule has 0 fully saturated rings. The van der Waals surface area contributed by atoms with Gasteiger partial charge in [-0.3, -0.25) is 0 Å². The van der Waals surface area contributed by atoms with Crippen LogP contribution in [0.15, 0.2) is 54.6 Å². The molecule has 98 valence electrons. The maximum atomic E-state index is 2.49. The molecule has 1 aliphatic heterocycles. The molecule has 0 spiro atoms. The second-order valence-electron chi connectivity index (χ2n) is 5.35. The Morgan fingerprint density at radius 3 is 2.90 bits per heavy atom. The lowest BCUT2D eigenvalue weighted by Crippen LogP contribution is -2.42. The van der Waals surface area contributed by atoms with Crippen molar-refractivity contribution < 1.29 is 4.57 Å². The van der Waals surface area contributed by atoms with E-state index in [2.05, 4.69) is 72.2 Å². The van der Waals surface area contributed by atoms with Gasteiger partial charge < -0.3 is 0 Å². The molecule has 4 rings (SSSR count). The number of hydrogen-bond acceptors (Lipinski definition) is 1. The highest BCUT2D eigenvalue weighted by Gasteiger charge is 2.30. The Hall–Kier alpha value is -1.93. The van der Waals surface area contributed by atoms with E-state index in [4.69, 9.17) is 0 Å². The number of fused-ring (bicyclic) bond motifs is 3.